The second-order valence-corrected chi connectivity index (χ2v) is 5.00. The number of rotatable bonds is 3. The van der Waals surface area contributed by atoms with Gasteiger partial charge < -0.3 is 9.15 Å². The number of aryl methyl sites for hydroxylation is 2. The minimum atomic E-state index is -0.346. The smallest absolute Gasteiger partial charge is 0.193 e. The van der Waals surface area contributed by atoms with Crippen molar-refractivity contribution in [1.29, 1.82) is 0 Å². The number of methoxy groups -OCH3 is 1. The van der Waals surface area contributed by atoms with Gasteiger partial charge in [-0.15, -0.1) is 11.6 Å². The van der Waals surface area contributed by atoms with Crippen LogP contribution < -0.4 is 4.74 Å². The molecule has 0 aliphatic heterocycles. The largest absolute Gasteiger partial charge is 0.496 e. The van der Waals surface area contributed by atoms with Crippen LogP contribution in [-0.2, 0) is 0 Å². The fourth-order valence-electron chi connectivity index (χ4n) is 2.08. The summed E-state index contributed by atoms with van der Waals surface area (Å²) in [5.41, 5.74) is 3.07. The number of alkyl halides is 1. The minimum absolute atomic E-state index is 0.345. The van der Waals surface area contributed by atoms with Crippen molar-refractivity contribution in [3.05, 3.63) is 51.9 Å². The Bertz CT molecular complexity index is 538. The highest BCUT2D eigenvalue weighted by molar-refractivity contribution is 6.29. The summed E-state index contributed by atoms with van der Waals surface area (Å²) in [7, 11) is 1.67. The summed E-state index contributed by atoms with van der Waals surface area (Å²) < 4.78 is 10.7. The summed E-state index contributed by atoms with van der Waals surface area (Å²) in [5.74, 6) is 1.53. The first-order chi connectivity index (χ1) is 8.52. The molecule has 1 unspecified atom stereocenters. The lowest BCUT2D eigenvalue weighted by Gasteiger charge is -2.13. The minimum Gasteiger partial charge on any atom is -0.496 e. The van der Waals surface area contributed by atoms with Crippen molar-refractivity contribution in [2.45, 2.75) is 19.2 Å². The molecular formula is C14H14Cl2O2. The number of hydrogen-bond donors (Lipinski definition) is 0. The lowest BCUT2D eigenvalue weighted by molar-refractivity contribution is 0.408. The van der Waals surface area contributed by atoms with E-state index in [0.29, 0.717) is 11.0 Å². The van der Waals surface area contributed by atoms with E-state index in [-0.39, 0.29) is 5.38 Å². The molecule has 2 aromatic rings. The molecule has 1 aromatic carbocycles. The van der Waals surface area contributed by atoms with Crippen LogP contribution in [0.25, 0.3) is 0 Å². The quantitative estimate of drug-likeness (QED) is 0.749. The molecule has 0 radical (unpaired) electrons. The van der Waals surface area contributed by atoms with E-state index >= 15 is 0 Å². The van der Waals surface area contributed by atoms with Crippen LogP contribution >= 0.6 is 23.2 Å². The van der Waals surface area contributed by atoms with Crippen molar-refractivity contribution >= 4 is 23.2 Å². The predicted molar refractivity (Wildman–Crippen MR) is 73.9 cm³/mol. The van der Waals surface area contributed by atoms with Crippen molar-refractivity contribution in [2.75, 3.05) is 7.11 Å². The molecule has 0 fully saturated rings. The van der Waals surface area contributed by atoms with E-state index in [4.69, 9.17) is 32.4 Å². The van der Waals surface area contributed by atoms with Gasteiger partial charge in [0.1, 0.15) is 16.9 Å². The van der Waals surface area contributed by atoms with Crippen molar-refractivity contribution in [3.8, 4) is 5.75 Å². The Labute approximate surface area is 116 Å². The average Bonchev–Trinajstić information content (AvgIpc) is 2.74. The van der Waals surface area contributed by atoms with E-state index in [1.54, 1.807) is 19.2 Å². The molecule has 0 spiro atoms. The summed E-state index contributed by atoms with van der Waals surface area (Å²) in [6, 6.07) is 7.48. The van der Waals surface area contributed by atoms with Gasteiger partial charge in [0.05, 0.1) is 7.11 Å². The zero-order valence-electron chi connectivity index (χ0n) is 10.5. The fraction of sp³-hybridized carbons (Fsp3) is 0.286. The fourth-order valence-corrected chi connectivity index (χ4v) is 2.48. The molecule has 0 saturated heterocycles. The summed E-state index contributed by atoms with van der Waals surface area (Å²) in [6.45, 7) is 3.99. The highest BCUT2D eigenvalue weighted by Crippen LogP contribution is 2.35. The van der Waals surface area contributed by atoms with E-state index in [1.165, 1.54) is 0 Å². The van der Waals surface area contributed by atoms with Gasteiger partial charge in [0.2, 0.25) is 0 Å². The Morgan fingerprint density at radius 2 is 1.78 bits per heavy atom. The molecule has 0 aliphatic rings. The molecule has 96 valence electrons. The van der Waals surface area contributed by atoms with Gasteiger partial charge in [0, 0.05) is 0 Å². The van der Waals surface area contributed by atoms with Gasteiger partial charge in [-0.2, -0.15) is 0 Å². The molecule has 1 atom stereocenters. The normalized spacial score (nSPS) is 12.5. The van der Waals surface area contributed by atoms with E-state index in [1.807, 2.05) is 26.0 Å². The third kappa shape index (κ3) is 2.50. The Balaban J connectivity index is 2.40. The van der Waals surface area contributed by atoms with Crippen molar-refractivity contribution < 1.29 is 9.15 Å². The first-order valence-corrected chi connectivity index (χ1v) is 6.38. The maximum Gasteiger partial charge on any atom is 0.193 e. The summed E-state index contributed by atoms with van der Waals surface area (Å²) in [5, 5.41) is -0.00147. The number of hydrogen-bond acceptors (Lipinski definition) is 2. The Morgan fingerprint density at radius 3 is 2.22 bits per heavy atom. The molecule has 1 aromatic heterocycles. The van der Waals surface area contributed by atoms with E-state index in [9.17, 15) is 0 Å². The van der Waals surface area contributed by atoms with Gasteiger partial charge in [0.15, 0.2) is 5.22 Å². The van der Waals surface area contributed by atoms with Crippen LogP contribution in [-0.4, -0.2) is 7.11 Å². The van der Waals surface area contributed by atoms with Gasteiger partial charge in [-0.05, 0) is 54.3 Å². The second-order valence-electron chi connectivity index (χ2n) is 4.19. The first-order valence-electron chi connectivity index (χ1n) is 5.57. The molecule has 0 N–H and O–H groups in total. The average molecular weight is 285 g/mol. The maximum atomic E-state index is 6.39. The Kier molecular flexibility index (Phi) is 3.88. The van der Waals surface area contributed by atoms with Crippen molar-refractivity contribution in [3.63, 3.8) is 0 Å². The van der Waals surface area contributed by atoms with Crippen LogP contribution in [0.15, 0.2) is 28.7 Å². The molecular weight excluding hydrogens is 271 g/mol. The summed E-state index contributed by atoms with van der Waals surface area (Å²) >= 11 is 12.1. The zero-order chi connectivity index (χ0) is 13.3. The van der Waals surface area contributed by atoms with Gasteiger partial charge in [0.25, 0.3) is 0 Å². The molecule has 1 heterocycles. The number of halogens is 2. The van der Waals surface area contributed by atoms with Crippen molar-refractivity contribution in [1.82, 2.24) is 0 Å². The summed E-state index contributed by atoms with van der Waals surface area (Å²) in [4.78, 5) is 0. The highest BCUT2D eigenvalue weighted by Gasteiger charge is 2.17. The lowest BCUT2D eigenvalue weighted by Crippen LogP contribution is -1.97. The first kappa shape index (κ1) is 13.3. The SMILES string of the molecule is COc1c(C)cc(C(Cl)c2ccc(Cl)o2)cc1C. The van der Waals surface area contributed by atoms with Gasteiger partial charge in [-0.25, -0.2) is 0 Å². The lowest BCUT2D eigenvalue weighted by atomic mass is 10.0. The van der Waals surface area contributed by atoms with Crippen LogP contribution in [0, 0.1) is 13.8 Å². The van der Waals surface area contributed by atoms with Crippen LogP contribution in [0.2, 0.25) is 5.22 Å². The molecule has 2 rings (SSSR count). The van der Waals surface area contributed by atoms with Gasteiger partial charge in [-0.1, -0.05) is 12.1 Å². The molecule has 0 amide bonds. The van der Waals surface area contributed by atoms with E-state index < -0.39 is 0 Å². The van der Waals surface area contributed by atoms with Crippen molar-refractivity contribution in [2.24, 2.45) is 0 Å². The summed E-state index contributed by atoms with van der Waals surface area (Å²) in [6.07, 6.45) is 0. The topological polar surface area (TPSA) is 22.4 Å². The third-order valence-corrected chi connectivity index (χ3v) is 3.49. The molecule has 0 aliphatic carbocycles. The van der Waals surface area contributed by atoms with Crippen LogP contribution in [0.3, 0.4) is 0 Å². The second kappa shape index (κ2) is 5.25. The standard InChI is InChI=1S/C14H14Cl2O2/c1-8-6-10(7-9(2)14(8)17-3)13(16)11-4-5-12(15)18-11/h4-7,13H,1-3H3. The Morgan fingerprint density at radius 1 is 1.17 bits per heavy atom. The number of furan rings is 1. The van der Waals surface area contributed by atoms with Crippen LogP contribution in [0.5, 0.6) is 5.75 Å². The van der Waals surface area contributed by atoms with E-state index in [2.05, 4.69) is 0 Å². The number of benzene rings is 1. The monoisotopic (exact) mass is 284 g/mol. The van der Waals surface area contributed by atoms with Gasteiger partial charge >= 0.3 is 0 Å². The van der Waals surface area contributed by atoms with Crippen LogP contribution in [0.1, 0.15) is 27.8 Å². The van der Waals surface area contributed by atoms with Gasteiger partial charge in [-0.3, -0.25) is 0 Å². The molecule has 18 heavy (non-hydrogen) atoms. The molecule has 4 heteroatoms. The van der Waals surface area contributed by atoms with E-state index in [0.717, 1.165) is 22.4 Å². The highest BCUT2D eigenvalue weighted by atomic mass is 35.5. The zero-order valence-corrected chi connectivity index (χ0v) is 12.0. The molecule has 2 nitrogen and oxygen atoms in total. The number of ether oxygens (including phenoxy) is 1. The van der Waals surface area contributed by atoms with Crippen LogP contribution in [0.4, 0.5) is 0 Å². The Hall–Kier alpha value is -1.12. The molecule has 0 saturated carbocycles. The molecule has 0 bridgehead atoms. The maximum absolute atomic E-state index is 6.39. The third-order valence-electron chi connectivity index (χ3n) is 2.82. The predicted octanol–water partition coefficient (Wildman–Crippen LogP) is 4.89.